The van der Waals surface area contributed by atoms with Crippen molar-refractivity contribution in [1.29, 1.82) is 0 Å². The lowest BCUT2D eigenvalue weighted by molar-refractivity contribution is 0.461. The number of phenolic OH excluding ortho intramolecular Hbond substituents is 1. The van der Waals surface area contributed by atoms with Crippen LogP contribution >= 0.6 is 0 Å². The van der Waals surface area contributed by atoms with Crippen molar-refractivity contribution in [1.82, 2.24) is 0 Å². The van der Waals surface area contributed by atoms with Gasteiger partial charge in [-0.3, -0.25) is 0 Å². The molecule has 0 aliphatic carbocycles. The molecular formula is C16H14N2O2. The lowest BCUT2D eigenvalue weighted by Gasteiger charge is -1.98. The minimum Gasteiger partial charge on any atom is -0.504 e. The largest absolute Gasteiger partial charge is 0.504 e. The second kappa shape index (κ2) is 4.81. The first-order chi connectivity index (χ1) is 9.66. The zero-order chi connectivity index (χ0) is 14.1. The molecule has 0 saturated carbocycles. The van der Waals surface area contributed by atoms with E-state index in [4.69, 9.17) is 4.42 Å². The smallest absolute Gasteiger partial charge is 0.178 e. The van der Waals surface area contributed by atoms with Gasteiger partial charge in [-0.1, -0.05) is 18.2 Å². The summed E-state index contributed by atoms with van der Waals surface area (Å²) in [4.78, 5) is 0. The van der Waals surface area contributed by atoms with Gasteiger partial charge in [-0.15, -0.1) is 5.11 Å². The van der Waals surface area contributed by atoms with Gasteiger partial charge in [-0.05, 0) is 38.1 Å². The molecule has 1 aromatic heterocycles. The standard InChI is InChI=1S/C16H14N2O2/c1-10-11(2)20-16-14(19)9-8-13(15(10)16)18-17-12-6-4-3-5-7-12/h3-9,19H,1-2H3. The number of rotatable bonds is 2. The molecule has 1 heterocycles. The number of aromatic hydroxyl groups is 1. The predicted molar refractivity (Wildman–Crippen MR) is 78.0 cm³/mol. The van der Waals surface area contributed by atoms with Gasteiger partial charge < -0.3 is 9.52 Å². The summed E-state index contributed by atoms with van der Waals surface area (Å²) in [6.07, 6.45) is 0. The number of phenols is 1. The van der Waals surface area contributed by atoms with E-state index >= 15 is 0 Å². The fraction of sp³-hybridized carbons (Fsp3) is 0.125. The zero-order valence-corrected chi connectivity index (χ0v) is 11.3. The quantitative estimate of drug-likeness (QED) is 0.650. The lowest BCUT2D eigenvalue weighted by atomic mass is 10.1. The van der Waals surface area contributed by atoms with Crippen molar-refractivity contribution < 1.29 is 9.52 Å². The van der Waals surface area contributed by atoms with E-state index < -0.39 is 0 Å². The Bertz CT molecular complexity index is 789. The van der Waals surface area contributed by atoms with Crippen LogP contribution in [0.4, 0.5) is 11.4 Å². The van der Waals surface area contributed by atoms with E-state index in [2.05, 4.69) is 10.2 Å². The Morgan fingerprint density at radius 1 is 0.950 bits per heavy atom. The second-order valence-electron chi connectivity index (χ2n) is 4.63. The minimum atomic E-state index is 0.120. The molecule has 0 amide bonds. The molecular weight excluding hydrogens is 252 g/mol. The van der Waals surface area contributed by atoms with Crippen molar-refractivity contribution >= 4 is 22.3 Å². The molecule has 100 valence electrons. The Balaban J connectivity index is 2.13. The third-order valence-corrected chi connectivity index (χ3v) is 3.30. The van der Waals surface area contributed by atoms with Gasteiger partial charge in [-0.25, -0.2) is 0 Å². The van der Waals surface area contributed by atoms with Crippen LogP contribution in [0.5, 0.6) is 5.75 Å². The fourth-order valence-corrected chi connectivity index (χ4v) is 2.12. The van der Waals surface area contributed by atoms with E-state index in [1.165, 1.54) is 0 Å². The first kappa shape index (κ1) is 12.4. The SMILES string of the molecule is Cc1oc2c(O)ccc(N=Nc3ccccc3)c2c1C. The maximum atomic E-state index is 9.85. The van der Waals surface area contributed by atoms with Crippen LogP contribution in [0.3, 0.4) is 0 Å². The second-order valence-corrected chi connectivity index (χ2v) is 4.63. The normalized spacial score (nSPS) is 11.5. The van der Waals surface area contributed by atoms with E-state index in [0.29, 0.717) is 11.3 Å². The average Bonchev–Trinajstić information content (AvgIpc) is 2.77. The third-order valence-electron chi connectivity index (χ3n) is 3.30. The van der Waals surface area contributed by atoms with E-state index in [0.717, 1.165) is 22.4 Å². The van der Waals surface area contributed by atoms with Gasteiger partial charge in [0.2, 0.25) is 0 Å². The van der Waals surface area contributed by atoms with Crippen molar-refractivity contribution in [3.05, 3.63) is 53.8 Å². The molecule has 0 saturated heterocycles. The van der Waals surface area contributed by atoms with E-state index in [-0.39, 0.29) is 5.75 Å². The summed E-state index contributed by atoms with van der Waals surface area (Å²) in [6, 6.07) is 12.8. The summed E-state index contributed by atoms with van der Waals surface area (Å²) in [7, 11) is 0. The highest BCUT2D eigenvalue weighted by molar-refractivity contribution is 5.96. The topological polar surface area (TPSA) is 58.1 Å². The maximum Gasteiger partial charge on any atom is 0.178 e. The lowest BCUT2D eigenvalue weighted by Crippen LogP contribution is -1.74. The van der Waals surface area contributed by atoms with Crippen molar-refractivity contribution in [3.8, 4) is 5.75 Å². The highest BCUT2D eigenvalue weighted by atomic mass is 16.4. The summed E-state index contributed by atoms with van der Waals surface area (Å²) >= 11 is 0. The molecule has 1 N–H and O–H groups in total. The molecule has 2 aromatic carbocycles. The molecule has 20 heavy (non-hydrogen) atoms. The van der Waals surface area contributed by atoms with Gasteiger partial charge in [0.05, 0.1) is 16.8 Å². The predicted octanol–water partition coefficient (Wildman–Crippen LogP) is 5.17. The molecule has 0 aliphatic rings. The van der Waals surface area contributed by atoms with Crippen LogP contribution in [0.25, 0.3) is 11.0 Å². The Morgan fingerprint density at radius 2 is 1.70 bits per heavy atom. The van der Waals surface area contributed by atoms with Gasteiger partial charge >= 0.3 is 0 Å². The summed E-state index contributed by atoms with van der Waals surface area (Å²) in [6.45, 7) is 3.81. The summed E-state index contributed by atoms with van der Waals surface area (Å²) in [5.74, 6) is 0.896. The van der Waals surface area contributed by atoms with Crippen LogP contribution in [0.1, 0.15) is 11.3 Å². The Hall–Kier alpha value is -2.62. The maximum absolute atomic E-state index is 9.85. The third kappa shape index (κ3) is 2.05. The molecule has 0 bridgehead atoms. The van der Waals surface area contributed by atoms with E-state index in [9.17, 15) is 5.11 Å². The molecule has 4 nitrogen and oxygen atoms in total. The van der Waals surface area contributed by atoms with Gasteiger partial charge in [0.1, 0.15) is 5.76 Å². The summed E-state index contributed by atoms with van der Waals surface area (Å²) in [5, 5.41) is 19.1. The number of benzene rings is 2. The molecule has 0 atom stereocenters. The monoisotopic (exact) mass is 266 g/mol. The van der Waals surface area contributed by atoms with Gasteiger partial charge in [-0.2, -0.15) is 5.11 Å². The average molecular weight is 266 g/mol. The van der Waals surface area contributed by atoms with Crippen molar-refractivity contribution in [2.24, 2.45) is 10.2 Å². The van der Waals surface area contributed by atoms with Crippen molar-refractivity contribution in [2.75, 3.05) is 0 Å². The zero-order valence-electron chi connectivity index (χ0n) is 11.3. The Morgan fingerprint density at radius 3 is 2.45 bits per heavy atom. The molecule has 3 aromatic rings. The number of fused-ring (bicyclic) bond motifs is 1. The molecule has 4 heteroatoms. The number of hydrogen-bond donors (Lipinski definition) is 1. The molecule has 0 spiro atoms. The van der Waals surface area contributed by atoms with Gasteiger partial charge in [0.15, 0.2) is 11.3 Å². The minimum absolute atomic E-state index is 0.120. The number of nitrogens with zero attached hydrogens (tertiary/aromatic N) is 2. The van der Waals surface area contributed by atoms with Crippen molar-refractivity contribution in [2.45, 2.75) is 13.8 Å². The molecule has 0 aliphatic heterocycles. The summed E-state index contributed by atoms with van der Waals surface area (Å²) in [5.41, 5.74) is 2.91. The van der Waals surface area contributed by atoms with E-state index in [1.807, 2.05) is 44.2 Å². The van der Waals surface area contributed by atoms with Crippen LogP contribution in [0, 0.1) is 13.8 Å². The van der Waals surface area contributed by atoms with Crippen LogP contribution in [0.2, 0.25) is 0 Å². The first-order valence-electron chi connectivity index (χ1n) is 6.35. The number of hydrogen-bond acceptors (Lipinski definition) is 4. The number of furan rings is 1. The fourth-order valence-electron chi connectivity index (χ4n) is 2.12. The van der Waals surface area contributed by atoms with E-state index in [1.54, 1.807) is 12.1 Å². The first-order valence-corrected chi connectivity index (χ1v) is 6.35. The molecule has 0 radical (unpaired) electrons. The van der Waals surface area contributed by atoms with Gasteiger partial charge in [0.25, 0.3) is 0 Å². The van der Waals surface area contributed by atoms with Crippen LogP contribution in [0.15, 0.2) is 57.1 Å². The van der Waals surface area contributed by atoms with Gasteiger partial charge in [0, 0.05) is 5.56 Å². The van der Waals surface area contributed by atoms with Crippen LogP contribution in [-0.2, 0) is 0 Å². The van der Waals surface area contributed by atoms with Crippen molar-refractivity contribution in [3.63, 3.8) is 0 Å². The molecule has 0 unspecified atom stereocenters. The Labute approximate surface area is 116 Å². The highest BCUT2D eigenvalue weighted by Gasteiger charge is 2.14. The summed E-state index contributed by atoms with van der Waals surface area (Å²) < 4.78 is 5.57. The number of aryl methyl sites for hydroxylation is 2. The highest BCUT2D eigenvalue weighted by Crippen LogP contribution is 2.38. The van der Waals surface area contributed by atoms with Crippen LogP contribution < -0.4 is 0 Å². The van der Waals surface area contributed by atoms with Crippen LogP contribution in [-0.4, -0.2) is 5.11 Å². The Kier molecular flexibility index (Phi) is 2.99. The molecule has 0 fully saturated rings. The number of azo groups is 1. The molecule has 3 rings (SSSR count).